The number of hydrogen-bond acceptors (Lipinski definition) is 4. The second kappa shape index (κ2) is 4.93. The monoisotopic (exact) mass is 253 g/mol. The molecule has 1 unspecified atom stereocenters. The first-order valence-electron chi connectivity index (χ1n) is 4.83. The largest absolute Gasteiger partial charge is 0.271 e. The van der Waals surface area contributed by atoms with Gasteiger partial charge in [-0.3, -0.25) is 10.8 Å². The Balaban J connectivity index is 2.40. The number of hydrogen-bond donors (Lipinski definition) is 2. The van der Waals surface area contributed by atoms with Gasteiger partial charge in [-0.2, -0.15) is 0 Å². The van der Waals surface area contributed by atoms with Crippen LogP contribution in [0.2, 0.25) is 5.02 Å². The van der Waals surface area contributed by atoms with Gasteiger partial charge < -0.3 is 0 Å². The second-order valence-corrected chi connectivity index (χ2v) is 5.01. The molecule has 0 aliphatic heterocycles. The molecule has 0 aliphatic carbocycles. The number of nitrogens with one attached hydrogen (secondary N) is 1. The predicted octanol–water partition coefficient (Wildman–Crippen LogP) is 2.66. The highest BCUT2D eigenvalue weighted by atomic mass is 35.5. The minimum absolute atomic E-state index is 0.0829. The van der Waals surface area contributed by atoms with E-state index in [1.165, 1.54) is 4.88 Å². The van der Waals surface area contributed by atoms with Crippen LogP contribution in [-0.2, 0) is 0 Å². The molecule has 0 radical (unpaired) electrons. The van der Waals surface area contributed by atoms with Crippen LogP contribution < -0.4 is 11.3 Å². The molecule has 2 aromatic rings. The summed E-state index contributed by atoms with van der Waals surface area (Å²) in [6.45, 7) is 2.07. The normalized spacial score (nSPS) is 12.7. The molecule has 0 aromatic carbocycles. The van der Waals surface area contributed by atoms with Gasteiger partial charge >= 0.3 is 0 Å². The van der Waals surface area contributed by atoms with Crippen LogP contribution in [0.1, 0.15) is 22.0 Å². The molecule has 16 heavy (non-hydrogen) atoms. The van der Waals surface area contributed by atoms with Crippen LogP contribution in [-0.4, -0.2) is 4.98 Å². The third-order valence-corrected chi connectivity index (χ3v) is 3.56. The number of halogens is 1. The van der Waals surface area contributed by atoms with Crippen molar-refractivity contribution in [2.24, 2.45) is 5.84 Å². The Morgan fingerprint density at radius 2 is 2.38 bits per heavy atom. The summed E-state index contributed by atoms with van der Waals surface area (Å²) >= 11 is 7.79. The summed E-state index contributed by atoms with van der Waals surface area (Å²) in [7, 11) is 0. The van der Waals surface area contributed by atoms with E-state index in [1.54, 1.807) is 23.7 Å². The first kappa shape index (κ1) is 11.5. The van der Waals surface area contributed by atoms with Crippen molar-refractivity contribution in [2.75, 3.05) is 0 Å². The molecule has 0 saturated carbocycles. The minimum atomic E-state index is -0.0829. The van der Waals surface area contributed by atoms with Gasteiger partial charge in [-0.25, -0.2) is 5.43 Å². The molecule has 3 nitrogen and oxygen atoms in total. The fraction of sp³-hybridized carbons (Fsp3) is 0.182. The minimum Gasteiger partial charge on any atom is -0.271 e. The highest BCUT2D eigenvalue weighted by molar-refractivity contribution is 7.10. The summed E-state index contributed by atoms with van der Waals surface area (Å²) in [6.07, 6.45) is 3.34. The van der Waals surface area contributed by atoms with Crippen molar-refractivity contribution in [3.05, 3.63) is 50.9 Å². The lowest BCUT2D eigenvalue weighted by Crippen LogP contribution is -2.28. The molecule has 2 rings (SSSR count). The van der Waals surface area contributed by atoms with Crippen molar-refractivity contribution in [3.8, 4) is 0 Å². The van der Waals surface area contributed by atoms with E-state index in [0.717, 1.165) is 11.1 Å². The van der Waals surface area contributed by atoms with Crippen LogP contribution in [0.25, 0.3) is 0 Å². The fourth-order valence-corrected chi connectivity index (χ4v) is 2.56. The molecule has 3 N–H and O–H groups in total. The zero-order valence-electron chi connectivity index (χ0n) is 8.77. The first-order valence-corrected chi connectivity index (χ1v) is 6.08. The zero-order valence-corrected chi connectivity index (χ0v) is 10.3. The number of nitrogens with two attached hydrogens (primary N) is 1. The fourth-order valence-electron chi connectivity index (χ4n) is 1.60. The molecule has 84 valence electrons. The van der Waals surface area contributed by atoms with Gasteiger partial charge in [0.05, 0.1) is 11.1 Å². The molecular formula is C11H12ClN3S. The topological polar surface area (TPSA) is 50.9 Å². The summed E-state index contributed by atoms with van der Waals surface area (Å²) in [5, 5.41) is 2.70. The number of aryl methyl sites for hydroxylation is 1. The molecule has 0 fully saturated rings. The van der Waals surface area contributed by atoms with E-state index in [4.69, 9.17) is 17.4 Å². The van der Waals surface area contributed by atoms with Gasteiger partial charge in [-0.1, -0.05) is 11.6 Å². The van der Waals surface area contributed by atoms with Gasteiger partial charge in [0.15, 0.2) is 0 Å². The molecule has 2 aromatic heterocycles. The predicted molar refractivity (Wildman–Crippen MR) is 67.5 cm³/mol. The molecule has 0 spiro atoms. The van der Waals surface area contributed by atoms with Gasteiger partial charge in [-0.05, 0) is 35.6 Å². The average Bonchev–Trinajstić information content (AvgIpc) is 2.69. The van der Waals surface area contributed by atoms with Crippen molar-refractivity contribution in [1.29, 1.82) is 0 Å². The number of aromatic nitrogens is 1. The number of hydrazine groups is 1. The van der Waals surface area contributed by atoms with Crippen molar-refractivity contribution in [1.82, 2.24) is 10.4 Å². The van der Waals surface area contributed by atoms with Crippen LogP contribution in [0.5, 0.6) is 0 Å². The van der Waals surface area contributed by atoms with E-state index in [2.05, 4.69) is 28.8 Å². The van der Waals surface area contributed by atoms with Gasteiger partial charge in [0, 0.05) is 17.3 Å². The average molecular weight is 254 g/mol. The van der Waals surface area contributed by atoms with Gasteiger partial charge in [0.2, 0.25) is 0 Å². The maximum Gasteiger partial charge on any atom is 0.0733 e. The van der Waals surface area contributed by atoms with E-state index in [1.807, 2.05) is 6.07 Å². The Kier molecular flexibility index (Phi) is 3.56. The lowest BCUT2D eigenvalue weighted by Gasteiger charge is -2.16. The standard InChI is InChI=1S/C11H12ClN3S/c1-7-4-8(6-16-7)11(15-13)9-2-3-14-5-10(9)12/h2-6,11,15H,13H2,1H3. The summed E-state index contributed by atoms with van der Waals surface area (Å²) in [5.74, 6) is 5.59. The van der Waals surface area contributed by atoms with Crippen molar-refractivity contribution in [2.45, 2.75) is 13.0 Å². The Morgan fingerprint density at radius 3 is 2.94 bits per heavy atom. The maximum atomic E-state index is 6.10. The number of nitrogens with zero attached hydrogens (tertiary/aromatic N) is 1. The van der Waals surface area contributed by atoms with Crippen molar-refractivity contribution in [3.63, 3.8) is 0 Å². The Labute approximate surface area is 103 Å². The molecule has 5 heteroatoms. The summed E-state index contributed by atoms with van der Waals surface area (Å²) < 4.78 is 0. The first-order chi connectivity index (χ1) is 7.72. The number of thiophene rings is 1. The van der Waals surface area contributed by atoms with E-state index >= 15 is 0 Å². The second-order valence-electron chi connectivity index (χ2n) is 3.49. The van der Waals surface area contributed by atoms with Crippen molar-refractivity contribution >= 4 is 22.9 Å². The lowest BCUT2D eigenvalue weighted by atomic mass is 10.0. The molecular weight excluding hydrogens is 242 g/mol. The van der Waals surface area contributed by atoms with E-state index in [0.29, 0.717) is 5.02 Å². The number of pyridine rings is 1. The Bertz CT molecular complexity index is 484. The van der Waals surface area contributed by atoms with Crippen LogP contribution >= 0.6 is 22.9 Å². The Hall–Kier alpha value is -0.940. The zero-order chi connectivity index (χ0) is 11.5. The SMILES string of the molecule is Cc1cc(C(NN)c2ccncc2Cl)cs1. The van der Waals surface area contributed by atoms with Crippen LogP contribution in [0, 0.1) is 6.92 Å². The third-order valence-electron chi connectivity index (χ3n) is 2.37. The molecule has 0 bridgehead atoms. The van der Waals surface area contributed by atoms with E-state index < -0.39 is 0 Å². The quantitative estimate of drug-likeness (QED) is 0.653. The third kappa shape index (κ3) is 2.25. The van der Waals surface area contributed by atoms with E-state index in [9.17, 15) is 0 Å². The van der Waals surface area contributed by atoms with Gasteiger partial charge in [0.1, 0.15) is 0 Å². The van der Waals surface area contributed by atoms with Crippen LogP contribution in [0.15, 0.2) is 29.9 Å². The highest BCUT2D eigenvalue weighted by Crippen LogP contribution is 2.29. The summed E-state index contributed by atoms with van der Waals surface area (Å²) in [5.41, 5.74) is 4.85. The lowest BCUT2D eigenvalue weighted by molar-refractivity contribution is 0.638. The molecule has 0 amide bonds. The molecule has 1 atom stereocenters. The molecule has 2 heterocycles. The maximum absolute atomic E-state index is 6.10. The highest BCUT2D eigenvalue weighted by Gasteiger charge is 2.16. The summed E-state index contributed by atoms with van der Waals surface area (Å²) in [4.78, 5) is 5.21. The summed E-state index contributed by atoms with van der Waals surface area (Å²) in [6, 6.07) is 3.90. The van der Waals surface area contributed by atoms with E-state index in [-0.39, 0.29) is 6.04 Å². The van der Waals surface area contributed by atoms with Crippen LogP contribution in [0.3, 0.4) is 0 Å². The van der Waals surface area contributed by atoms with Gasteiger partial charge in [-0.15, -0.1) is 11.3 Å². The van der Waals surface area contributed by atoms with Crippen molar-refractivity contribution < 1.29 is 0 Å². The van der Waals surface area contributed by atoms with Crippen LogP contribution in [0.4, 0.5) is 0 Å². The number of rotatable bonds is 3. The van der Waals surface area contributed by atoms with Gasteiger partial charge in [0.25, 0.3) is 0 Å². The Morgan fingerprint density at radius 1 is 1.56 bits per heavy atom. The smallest absolute Gasteiger partial charge is 0.0733 e. The molecule has 0 aliphatic rings. The molecule has 0 saturated heterocycles.